The lowest BCUT2D eigenvalue weighted by Crippen LogP contribution is -2.41. The summed E-state index contributed by atoms with van der Waals surface area (Å²) in [6, 6.07) is 8.11. The molecule has 0 aromatic carbocycles. The fraction of sp³-hybridized carbons (Fsp3) is 0.476. The standard InChI is InChI=1S/C21H26N4O/c1-17-3-2-8-23-19(17)15-24-11-6-21(7-12-24)13-20(26)25(16-21)14-18-4-9-22-10-5-18/h2-5,8-10H,6-7,11-16H2,1H3. The minimum Gasteiger partial charge on any atom is -0.338 e. The highest BCUT2D eigenvalue weighted by Crippen LogP contribution is 2.41. The van der Waals surface area contributed by atoms with Crippen molar-refractivity contribution in [2.45, 2.75) is 39.3 Å². The Hall–Kier alpha value is -2.27. The summed E-state index contributed by atoms with van der Waals surface area (Å²) in [5.41, 5.74) is 3.76. The van der Waals surface area contributed by atoms with Gasteiger partial charge in [0.25, 0.3) is 0 Å². The average molecular weight is 350 g/mol. The van der Waals surface area contributed by atoms with Crippen molar-refractivity contribution >= 4 is 5.91 Å². The molecule has 0 atom stereocenters. The van der Waals surface area contributed by atoms with Crippen molar-refractivity contribution in [2.24, 2.45) is 5.41 Å². The monoisotopic (exact) mass is 350 g/mol. The molecule has 0 aliphatic carbocycles. The highest BCUT2D eigenvalue weighted by molar-refractivity contribution is 5.79. The van der Waals surface area contributed by atoms with Gasteiger partial charge in [-0.2, -0.15) is 0 Å². The molecule has 1 amide bonds. The van der Waals surface area contributed by atoms with E-state index in [1.54, 1.807) is 12.4 Å². The number of carbonyl (C=O) groups is 1. The topological polar surface area (TPSA) is 49.3 Å². The number of nitrogens with zero attached hydrogens (tertiary/aromatic N) is 4. The van der Waals surface area contributed by atoms with E-state index in [0.29, 0.717) is 18.9 Å². The van der Waals surface area contributed by atoms with Gasteiger partial charge in [-0.3, -0.25) is 19.7 Å². The zero-order chi connectivity index (χ0) is 18.0. The summed E-state index contributed by atoms with van der Waals surface area (Å²) in [6.45, 7) is 6.74. The molecule has 1 spiro atoms. The van der Waals surface area contributed by atoms with Crippen LogP contribution in [0.5, 0.6) is 0 Å². The second kappa shape index (κ2) is 7.16. The van der Waals surface area contributed by atoms with Gasteiger partial charge in [-0.1, -0.05) is 6.07 Å². The predicted octanol–water partition coefficient (Wildman–Crippen LogP) is 2.80. The van der Waals surface area contributed by atoms with Gasteiger partial charge in [0.05, 0.1) is 5.69 Å². The lowest BCUT2D eigenvalue weighted by molar-refractivity contribution is -0.128. The van der Waals surface area contributed by atoms with Gasteiger partial charge in [0.2, 0.25) is 5.91 Å². The SMILES string of the molecule is Cc1cccnc1CN1CCC2(CC1)CC(=O)N(Cc1ccncc1)C2. The van der Waals surface area contributed by atoms with Crippen LogP contribution in [-0.4, -0.2) is 45.3 Å². The number of amides is 1. The van der Waals surface area contributed by atoms with E-state index < -0.39 is 0 Å². The van der Waals surface area contributed by atoms with E-state index in [1.807, 2.05) is 29.3 Å². The third-order valence-electron chi connectivity index (χ3n) is 5.94. The summed E-state index contributed by atoms with van der Waals surface area (Å²) in [5.74, 6) is 0.302. The Kier molecular flexibility index (Phi) is 4.72. The number of rotatable bonds is 4. The molecule has 0 bridgehead atoms. The summed E-state index contributed by atoms with van der Waals surface area (Å²) in [6.07, 6.45) is 8.36. The van der Waals surface area contributed by atoms with Gasteiger partial charge in [0, 0.05) is 44.6 Å². The smallest absolute Gasteiger partial charge is 0.223 e. The summed E-state index contributed by atoms with van der Waals surface area (Å²) < 4.78 is 0. The van der Waals surface area contributed by atoms with Crippen molar-refractivity contribution in [2.75, 3.05) is 19.6 Å². The Morgan fingerprint density at radius 2 is 1.85 bits per heavy atom. The molecule has 0 N–H and O–H groups in total. The van der Waals surface area contributed by atoms with Gasteiger partial charge >= 0.3 is 0 Å². The maximum absolute atomic E-state index is 12.6. The van der Waals surface area contributed by atoms with Gasteiger partial charge in [-0.05, 0) is 67.6 Å². The van der Waals surface area contributed by atoms with Crippen LogP contribution in [0.25, 0.3) is 0 Å². The maximum atomic E-state index is 12.6. The minimum absolute atomic E-state index is 0.166. The first kappa shape index (κ1) is 17.2. The second-order valence-electron chi connectivity index (χ2n) is 7.83. The Bertz CT molecular complexity index is 769. The Morgan fingerprint density at radius 3 is 2.58 bits per heavy atom. The summed E-state index contributed by atoms with van der Waals surface area (Å²) in [7, 11) is 0. The fourth-order valence-electron chi connectivity index (χ4n) is 4.25. The molecule has 5 nitrogen and oxygen atoms in total. The molecule has 26 heavy (non-hydrogen) atoms. The van der Waals surface area contributed by atoms with Gasteiger partial charge in [0.1, 0.15) is 0 Å². The summed E-state index contributed by atoms with van der Waals surface area (Å²) in [5, 5.41) is 0. The third kappa shape index (κ3) is 3.63. The Balaban J connectivity index is 1.35. The molecule has 0 radical (unpaired) electrons. The van der Waals surface area contributed by atoms with Gasteiger partial charge in [0.15, 0.2) is 0 Å². The van der Waals surface area contributed by atoms with E-state index in [0.717, 1.165) is 44.6 Å². The van der Waals surface area contributed by atoms with E-state index in [2.05, 4.69) is 27.9 Å². The van der Waals surface area contributed by atoms with Crippen molar-refractivity contribution in [1.29, 1.82) is 0 Å². The van der Waals surface area contributed by atoms with Crippen LogP contribution in [0.4, 0.5) is 0 Å². The van der Waals surface area contributed by atoms with Crippen LogP contribution in [0.1, 0.15) is 36.1 Å². The number of pyridine rings is 2. The summed E-state index contributed by atoms with van der Waals surface area (Å²) >= 11 is 0. The van der Waals surface area contributed by atoms with Crippen molar-refractivity contribution < 1.29 is 4.79 Å². The van der Waals surface area contributed by atoms with E-state index in [4.69, 9.17) is 0 Å². The Morgan fingerprint density at radius 1 is 1.08 bits per heavy atom. The minimum atomic E-state index is 0.166. The molecule has 2 aliphatic rings. The zero-order valence-electron chi connectivity index (χ0n) is 15.4. The molecule has 2 saturated heterocycles. The highest BCUT2D eigenvalue weighted by atomic mass is 16.2. The molecule has 2 aromatic heterocycles. The number of carbonyl (C=O) groups excluding carboxylic acids is 1. The van der Waals surface area contributed by atoms with Crippen molar-refractivity contribution in [1.82, 2.24) is 19.8 Å². The first-order valence-electron chi connectivity index (χ1n) is 9.43. The molecule has 0 saturated carbocycles. The van der Waals surface area contributed by atoms with Crippen LogP contribution < -0.4 is 0 Å². The van der Waals surface area contributed by atoms with E-state index >= 15 is 0 Å². The number of hydrogen-bond acceptors (Lipinski definition) is 4. The average Bonchev–Trinajstić information content (AvgIpc) is 2.95. The zero-order valence-corrected chi connectivity index (χ0v) is 15.4. The molecular weight excluding hydrogens is 324 g/mol. The van der Waals surface area contributed by atoms with Crippen molar-refractivity contribution in [3.8, 4) is 0 Å². The van der Waals surface area contributed by atoms with Crippen LogP contribution in [-0.2, 0) is 17.9 Å². The first-order valence-corrected chi connectivity index (χ1v) is 9.43. The normalized spacial score (nSPS) is 20.0. The maximum Gasteiger partial charge on any atom is 0.223 e. The van der Waals surface area contributed by atoms with Gasteiger partial charge < -0.3 is 4.90 Å². The van der Waals surface area contributed by atoms with Gasteiger partial charge in [-0.15, -0.1) is 0 Å². The fourth-order valence-corrected chi connectivity index (χ4v) is 4.25. The van der Waals surface area contributed by atoms with Gasteiger partial charge in [-0.25, -0.2) is 0 Å². The van der Waals surface area contributed by atoms with Crippen LogP contribution in [0, 0.1) is 12.3 Å². The lowest BCUT2D eigenvalue weighted by Gasteiger charge is -2.38. The molecule has 2 aromatic rings. The van der Waals surface area contributed by atoms with Crippen molar-refractivity contribution in [3.63, 3.8) is 0 Å². The highest BCUT2D eigenvalue weighted by Gasteiger charge is 2.44. The number of piperidine rings is 1. The van der Waals surface area contributed by atoms with E-state index in [1.165, 1.54) is 11.3 Å². The predicted molar refractivity (Wildman–Crippen MR) is 100 cm³/mol. The van der Waals surface area contributed by atoms with Crippen LogP contribution in [0.3, 0.4) is 0 Å². The molecule has 4 rings (SSSR count). The number of hydrogen-bond donors (Lipinski definition) is 0. The second-order valence-corrected chi connectivity index (χ2v) is 7.83. The van der Waals surface area contributed by atoms with E-state index in [9.17, 15) is 4.79 Å². The third-order valence-corrected chi connectivity index (χ3v) is 5.94. The lowest BCUT2D eigenvalue weighted by atomic mass is 9.77. The molecule has 4 heterocycles. The first-order chi connectivity index (χ1) is 12.6. The number of aromatic nitrogens is 2. The molecule has 0 unspecified atom stereocenters. The molecule has 2 fully saturated rings. The molecular formula is C21H26N4O. The van der Waals surface area contributed by atoms with Crippen LogP contribution >= 0.6 is 0 Å². The number of likely N-dealkylation sites (tertiary alicyclic amines) is 2. The van der Waals surface area contributed by atoms with E-state index in [-0.39, 0.29) is 5.41 Å². The van der Waals surface area contributed by atoms with Crippen molar-refractivity contribution in [3.05, 3.63) is 59.7 Å². The Labute approximate surface area is 155 Å². The van der Waals surface area contributed by atoms with Crippen LogP contribution in [0.15, 0.2) is 42.9 Å². The van der Waals surface area contributed by atoms with Crippen LogP contribution in [0.2, 0.25) is 0 Å². The largest absolute Gasteiger partial charge is 0.338 e. The number of aryl methyl sites for hydroxylation is 1. The molecule has 2 aliphatic heterocycles. The molecule has 5 heteroatoms. The summed E-state index contributed by atoms with van der Waals surface area (Å²) in [4.78, 5) is 25.7. The molecule has 136 valence electrons. The quantitative estimate of drug-likeness (QED) is 0.851.